The molecule has 5 nitrogen and oxygen atoms in total. The molecule has 0 atom stereocenters. The number of benzene rings is 1. The van der Waals surface area contributed by atoms with Crippen LogP contribution in [0.15, 0.2) is 28.1 Å². The number of rotatable bonds is 4. The summed E-state index contributed by atoms with van der Waals surface area (Å²) in [5.74, 6) is -1.30. The molecule has 1 heterocycles. The fourth-order valence-electron chi connectivity index (χ4n) is 1.41. The van der Waals surface area contributed by atoms with Gasteiger partial charge in [-0.1, -0.05) is 0 Å². The molecule has 104 valence electrons. The molecule has 0 aliphatic carbocycles. The first-order chi connectivity index (χ1) is 9.47. The number of nitrogens with zero attached hydrogens (tertiary/aromatic N) is 1. The number of halogens is 2. The number of carboxylic acids is 1. The average molecular weight is 467 g/mol. The molecule has 8 heteroatoms. The maximum Gasteiger partial charge on any atom is 0.355 e. The lowest BCUT2D eigenvalue weighted by molar-refractivity contribution is 0.0691. The maximum atomic E-state index is 12.0. The molecule has 2 aromatic rings. The fraction of sp³-hybridized carbons (Fsp3) is 0.0833. The second-order valence-corrected chi connectivity index (χ2v) is 6.78. The molecule has 1 aromatic heterocycles. The molecule has 0 saturated carbocycles. The van der Waals surface area contributed by atoms with E-state index in [-0.39, 0.29) is 18.1 Å². The van der Waals surface area contributed by atoms with E-state index in [1.165, 1.54) is 16.7 Å². The van der Waals surface area contributed by atoms with Gasteiger partial charge in [-0.3, -0.25) is 4.79 Å². The van der Waals surface area contributed by atoms with Crippen molar-refractivity contribution in [2.45, 2.75) is 6.54 Å². The molecular formula is C12H8BrIN2O3S. The molecule has 0 unspecified atom stereocenters. The Morgan fingerprint density at radius 3 is 2.85 bits per heavy atom. The average Bonchev–Trinajstić information content (AvgIpc) is 2.88. The van der Waals surface area contributed by atoms with Crippen LogP contribution in [0.1, 0.15) is 25.9 Å². The lowest BCUT2D eigenvalue weighted by Crippen LogP contribution is -2.23. The van der Waals surface area contributed by atoms with Gasteiger partial charge in [0, 0.05) is 13.4 Å². The standard InChI is InChI=1S/C12H8BrIN2O3S/c13-8-2-1-6(14)3-7(8)11(17)15-4-10-16-9(5-20-10)12(18)19/h1-3,5H,4H2,(H,15,17)(H,18,19). The van der Waals surface area contributed by atoms with Crippen LogP contribution < -0.4 is 5.32 Å². The molecule has 2 N–H and O–H groups in total. The number of aromatic nitrogens is 1. The lowest BCUT2D eigenvalue weighted by atomic mass is 10.2. The Labute approximate surface area is 140 Å². The van der Waals surface area contributed by atoms with Gasteiger partial charge in [-0.2, -0.15) is 0 Å². The monoisotopic (exact) mass is 466 g/mol. The molecule has 0 radical (unpaired) electrons. The minimum atomic E-state index is -1.07. The van der Waals surface area contributed by atoms with Crippen LogP contribution in [0.4, 0.5) is 0 Å². The first-order valence-electron chi connectivity index (χ1n) is 5.38. The van der Waals surface area contributed by atoms with Gasteiger partial charge in [0.25, 0.3) is 5.91 Å². The van der Waals surface area contributed by atoms with Crippen LogP contribution in [-0.2, 0) is 6.54 Å². The minimum Gasteiger partial charge on any atom is -0.476 e. The number of carbonyl (C=O) groups is 2. The summed E-state index contributed by atoms with van der Waals surface area (Å²) in [6, 6.07) is 5.47. The summed E-state index contributed by atoms with van der Waals surface area (Å²) in [5.41, 5.74) is 0.529. The van der Waals surface area contributed by atoms with Crippen LogP contribution >= 0.6 is 49.9 Å². The fourth-order valence-corrected chi connectivity index (χ4v) is 3.04. The highest BCUT2D eigenvalue weighted by molar-refractivity contribution is 14.1. The zero-order chi connectivity index (χ0) is 14.7. The number of hydrogen-bond donors (Lipinski definition) is 2. The van der Waals surface area contributed by atoms with Gasteiger partial charge in [-0.15, -0.1) is 11.3 Å². The Bertz CT molecular complexity index is 674. The van der Waals surface area contributed by atoms with Gasteiger partial charge in [0.05, 0.1) is 12.1 Å². The van der Waals surface area contributed by atoms with Crippen molar-refractivity contribution < 1.29 is 14.7 Å². The second kappa shape index (κ2) is 6.64. The molecule has 0 aliphatic heterocycles. The molecule has 1 aromatic carbocycles. The van der Waals surface area contributed by atoms with Gasteiger partial charge < -0.3 is 10.4 Å². The van der Waals surface area contributed by atoms with Gasteiger partial charge in [-0.05, 0) is 56.7 Å². The highest BCUT2D eigenvalue weighted by Crippen LogP contribution is 2.19. The number of amides is 1. The summed E-state index contributed by atoms with van der Waals surface area (Å²) in [6.45, 7) is 0.203. The highest BCUT2D eigenvalue weighted by Gasteiger charge is 2.12. The Morgan fingerprint density at radius 1 is 1.45 bits per heavy atom. The molecule has 1 amide bonds. The van der Waals surface area contributed by atoms with Crippen molar-refractivity contribution in [2.75, 3.05) is 0 Å². The molecule has 0 aliphatic rings. The zero-order valence-electron chi connectivity index (χ0n) is 9.89. The van der Waals surface area contributed by atoms with E-state index in [2.05, 4.69) is 48.8 Å². The Morgan fingerprint density at radius 2 is 2.20 bits per heavy atom. The summed E-state index contributed by atoms with van der Waals surface area (Å²) in [6.07, 6.45) is 0. The lowest BCUT2D eigenvalue weighted by Gasteiger charge is -2.06. The zero-order valence-corrected chi connectivity index (χ0v) is 14.5. The van der Waals surface area contributed by atoms with E-state index in [0.717, 1.165) is 3.57 Å². The summed E-state index contributed by atoms with van der Waals surface area (Å²) >= 11 is 6.66. The number of carbonyl (C=O) groups excluding carboxylic acids is 1. The van der Waals surface area contributed by atoms with Crippen LogP contribution in [-0.4, -0.2) is 22.0 Å². The molecule has 0 fully saturated rings. The third-order valence-corrected chi connectivity index (χ3v) is 4.56. The maximum absolute atomic E-state index is 12.0. The molecule has 0 saturated heterocycles. The number of aromatic carboxylic acids is 1. The number of hydrogen-bond acceptors (Lipinski definition) is 4. The summed E-state index contributed by atoms with van der Waals surface area (Å²) in [5, 5.41) is 13.5. The Balaban J connectivity index is 2.04. The van der Waals surface area contributed by atoms with Gasteiger partial charge in [0.15, 0.2) is 5.69 Å². The molecular weight excluding hydrogens is 459 g/mol. The van der Waals surface area contributed by atoms with E-state index in [4.69, 9.17) is 5.11 Å². The molecule has 0 bridgehead atoms. The summed E-state index contributed by atoms with van der Waals surface area (Å²) in [7, 11) is 0. The predicted molar refractivity (Wildman–Crippen MR) is 87.1 cm³/mol. The van der Waals surface area contributed by atoms with E-state index >= 15 is 0 Å². The quantitative estimate of drug-likeness (QED) is 0.678. The Kier molecular flexibility index (Phi) is 5.11. The third kappa shape index (κ3) is 3.76. The first-order valence-corrected chi connectivity index (χ1v) is 8.13. The molecule has 2 rings (SSSR count). The largest absolute Gasteiger partial charge is 0.476 e. The van der Waals surface area contributed by atoms with Crippen LogP contribution in [0.2, 0.25) is 0 Å². The number of thiazole rings is 1. The van der Waals surface area contributed by atoms with Gasteiger partial charge in [-0.25, -0.2) is 9.78 Å². The smallest absolute Gasteiger partial charge is 0.355 e. The summed E-state index contributed by atoms with van der Waals surface area (Å²) in [4.78, 5) is 26.7. The van der Waals surface area contributed by atoms with Gasteiger partial charge >= 0.3 is 5.97 Å². The van der Waals surface area contributed by atoms with Gasteiger partial charge in [0.1, 0.15) is 5.01 Å². The van der Waals surface area contributed by atoms with E-state index in [1.807, 2.05) is 12.1 Å². The normalized spacial score (nSPS) is 10.3. The molecule has 0 spiro atoms. The predicted octanol–water partition coefficient (Wildman–Crippen LogP) is 3.14. The minimum absolute atomic E-state index is 0.00492. The third-order valence-electron chi connectivity index (χ3n) is 2.34. The van der Waals surface area contributed by atoms with Crippen molar-refractivity contribution in [2.24, 2.45) is 0 Å². The SMILES string of the molecule is O=C(O)c1csc(CNC(=O)c2cc(I)ccc2Br)n1. The topological polar surface area (TPSA) is 79.3 Å². The first kappa shape index (κ1) is 15.4. The van der Waals surface area contributed by atoms with E-state index < -0.39 is 5.97 Å². The van der Waals surface area contributed by atoms with Crippen LogP contribution in [0.3, 0.4) is 0 Å². The van der Waals surface area contributed by atoms with E-state index in [1.54, 1.807) is 6.07 Å². The van der Waals surface area contributed by atoms with Crippen molar-refractivity contribution in [3.8, 4) is 0 Å². The van der Waals surface area contributed by atoms with Crippen LogP contribution in [0.5, 0.6) is 0 Å². The van der Waals surface area contributed by atoms with Crippen LogP contribution in [0.25, 0.3) is 0 Å². The highest BCUT2D eigenvalue weighted by atomic mass is 127. The number of nitrogens with one attached hydrogen (secondary N) is 1. The summed E-state index contributed by atoms with van der Waals surface area (Å²) < 4.78 is 1.67. The van der Waals surface area contributed by atoms with E-state index in [9.17, 15) is 9.59 Å². The van der Waals surface area contributed by atoms with Crippen molar-refractivity contribution in [1.82, 2.24) is 10.3 Å². The van der Waals surface area contributed by atoms with Crippen molar-refractivity contribution in [1.29, 1.82) is 0 Å². The van der Waals surface area contributed by atoms with Crippen molar-refractivity contribution in [3.63, 3.8) is 0 Å². The second-order valence-electron chi connectivity index (χ2n) is 3.74. The van der Waals surface area contributed by atoms with Gasteiger partial charge in [0.2, 0.25) is 0 Å². The van der Waals surface area contributed by atoms with Crippen LogP contribution in [0, 0.1) is 3.57 Å². The van der Waals surface area contributed by atoms with E-state index in [0.29, 0.717) is 15.0 Å². The van der Waals surface area contributed by atoms with Crippen molar-refractivity contribution >= 4 is 61.7 Å². The number of carboxylic acid groups (broad SMARTS) is 1. The molecule has 20 heavy (non-hydrogen) atoms. The Hall–Kier alpha value is -1.000. The van der Waals surface area contributed by atoms with Crippen molar-refractivity contribution in [3.05, 3.63) is 47.9 Å².